The average molecular weight is 278 g/mol. The molecule has 0 saturated heterocycles. The summed E-state index contributed by atoms with van der Waals surface area (Å²) in [6.07, 6.45) is -0.102. The van der Waals surface area contributed by atoms with Crippen LogP contribution in [0, 0.1) is 0 Å². The highest BCUT2D eigenvalue weighted by Gasteiger charge is 2.23. The quantitative estimate of drug-likeness (QED) is 0.679. The van der Waals surface area contributed by atoms with Gasteiger partial charge in [-0.15, -0.1) is 0 Å². The first-order valence-electron chi connectivity index (χ1n) is 6.28. The maximum absolute atomic E-state index is 12.0. The van der Waals surface area contributed by atoms with Gasteiger partial charge in [0.1, 0.15) is 6.04 Å². The molecule has 108 valence electrons. The first-order valence-corrected chi connectivity index (χ1v) is 6.28. The zero-order chi connectivity index (χ0) is 15.1. The van der Waals surface area contributed by atoms with Crippen LogP contribution >= 0.6 is 0 Å². The van der Waals surface area contributed by atoms with E-state index in [1.54, 1.807) is 31.2 Å². The van der Waals surface area contributed by atoms with Gasteiger partial charge in [-0.3, -0.25) is 9.59 Å². The number of benzene rings is 1. The third-order valence-electron chi connectivity index (χ3n) is 2.99. The molecule has 0 fully saturated rings. The molecule has 1 aromatic rings. The maximum atomic E-state index is 12.0. The third-order valence-corrected chi connectivity index (χ3v) is 2.99. The number of carboxylic acid groups (broad SMARTS) is 1. The van der Waals surface area contributed by atoms with E-state index in [0.717, 1.165) is 5.56 Å². The predicted octanol–water partition coefficient (Wildman–Crippen LogP) is 0.625. The molecule has 0 bridgehead atoms. The van der Waals surface area contributed by atoms with Gasteiger partial charge < -0.3 is 16.2 Å². The van der Waals surface area contributed by atoms with Crippen molar-refractivity contribution in [1.29, 1.82) is 0 Å². The first-order chi connectivity index (χ1) is 9.41. The van der Waals surface area contributed by atoms with Gasteiger partial charge in [-0.25, -0.2) is 4.79 Å². The Morgan fingerprint density at radius 1 is 1.25 bits per heavy atom. The molecule has 0 aliphatic rings. The molecule has 6 nitrogen and oxygen atoms in total. The summed E-state index contributed by atoms with van der Waals surface area (Å²) in [6.45, 7) is 1.69. The molecule has 2 amide bonds. The van der Waals surface area contributed by atoms with E-state index < -0.39 is 29.7 Å². The summed E-state index contributed by atoms with van der Waals surface area (Å²) in [7, 11) is 0. The van der Waals surface area contributed by atoms with Crippen molar-refractivity contribution in [3.05, 3.63) is 35.9 Å². The average Bonchev–Trinajstić information content (AvgIpc) is 2.42. The summed E-state index contributed by atoms with van der Waals surface area (Å²) in [5, 5.41) is 11.4. The molecule has 20 heavy (non-hydrogen) atoms. The Morgan fingerprint density at radius 2 is 1.85 bits per heavy atom. The summed E-state index contributed by atoms with van der Waals surface area (Å²) >= 11 is 0. The van der Waals surface area contributed by atoms with Gasteiger partial charge in [0.15, 0.2) is 0 Å². The summed E-state index contributed by atoms with van der Waals surface area (Å²) in [5.41, 5.74) is 5.77. The lowest BCUT2D eigenvalue weighted by molar-refractivity contribution is -0.142. The lowest BCUT2D eigenvalue weighted by Crippen LogP contribution is -2.43. The number of carbonyl (C=O) groups is 3. The predicted molar refractivity (Wildman–Crippen MR) is 72.9 cm³/mol. The van der Waals surface area contributed by atoms with Gasteiger partial charge in [0.25, 0.3) is 0 Å². The summed E-state index contributed by atoms with van der Waals surface area (Å²) < 4.78 is 0. The zero-order valence-electron chi connectivity index (χ0n) is 11.2. The number of carboxylic acids is 1. The van der Waals surface area contributed by atoms with Crippen molar-refractivity contribution in [3.8, 4) is 0 Å². The van der Waals surface area contributed by atoms with Crippen LogP contribution in [-0.4, -0.2) is 28.9 Å². The van der Waals surface area contributed by atoms with E-state index in [4.69, 9.17) is 10.8 Å². The number of hydrogen-bond acceptors (Lipinski definition) is 3. The van der Waals surface area contributed by atoms with Crippen LogP contribution in [-0.2, 0) is 14.4 Å². The lowest BCUT2D eigenvalue weighted by Gasteiger charge is -2.17. The van der Waals surface area contributed by atoms with Crippen molar-refractivity contribution in [3.63, 3.8) is 0 Å². The van der Waals surface area contributed by atoms with Crippen molar-refractivity contribution >= 4 is 17.8 Å². The Hall–Kier alpha value is -2.37. The number of nitrogens with one attached hydrogen (secondary N) is 1. The molecular formula is C14H18N2O4. The fourth-order valence-corrected chi connectivity index (χ4v) is 1.73. The van der Waals surface area contributed by atoms with Crippen LogP contribution in [0.5, 0.6) is 0 Å². The minimum atomic E-state index is -1.18. The van der Waals surface area contributed by atoms with Gasteiger partial charge in [0.05, 0.1) is 5.92 Å². The van der Waals surface area contributed by atoms with Crippen LogP contribution in [0.25, 0.3) is 0 Å². The second-order valence-corrected chi connectivity index (χ2v) is 4.54. The number of hydrogen-bond donors (Lipinski definition) is 3. The molecule has 4 N–H and O–H groups in total. The SMILES string of the molecule is CC(C(=O)NC(CCC(N)=O)C(=O)O)c1ccccc1. The standard InChI is InChI=1S/C14H18N2O4/c1-9(10-5-3-2-4-6-10)13(18)16-11(14(19)20)7-8-12(15)17/h2-6,9,11H,7-8H2,1H3,(H2,15,17)(H,16,18)(H,19,20). The van der Waals surface area contributed by atoms with Crippen LogP contribution < -0.4 is 11.1 Å². The molecule has 0 aliphatic carbocycles. The van der Waals surface area contributed by atoms with E-state index in [2.05, 4.69) is 5.32 Å². The summed E-state index contributed by atoms with van der Waals surface area (Å²) in [5.74, 6) is -2.64. The highest BCUT2D eigenvalue weighted by atomic mass is 16.4. The smallest absolute Gasteiger partial charge is 0.326 e. The number of amides is 2. The van der Waals surface area contributed by atoms with Gasteiger partial charge in [0.2, 0.25) is 11.8 Å². The minimum absolute atomic E-state index is 0.0160. The van der Waals surface area contributed by atoms with Crippen LogP contribution in [0.4, 0.5) is 0 Å². The minimum Gasteiger partial charge on any atom is -0.480 e. The fraction of sp³-hybridized carbons (Fsp3) is 0.357. The van der Waals surface area contributed by atoms with Crippen LogP contribution in [0.3, 0.4) is 0 Å². The highest BCUT2D eigenvalue weighted by Crippen LogP contribution is 2.15. The molecule has 2 unspecified atom stereocenters. The molecule has 0 spiro atoms. The van der Waals surface area contributed by atoms with E-state index in [0.29, 0.717) is 0 Å². The van der Waals surface area contributed by atoms with Gasteiger partial charge in [-0.1, -0.05) is 30.3 Å². The Morgan fingerprint density at radius 3 is 2.35 bits per heavy atom. The van der Waals surface area contributed by atoms with E-state index in [1.165, 1.54) is 0 Å². The van der Waals surface area contributed by atoms with E-state index in [1.807, 2.05) is 6.07 Å². The molecule has 0 aliphatic heterocycles. The lowest BCUT2D eigenvalue weighted by atomic mass is 9.99. The topological polar surface area (TPSA) is 109 Å². The number of aliphatic carboxylic acids is 1. The van der Waals surface area contributed by atoms with Crippen LogP contribution in [0.2, 0.25) is 0 Å². The normalized spacial score (nSPS) is 13.2. The monoisotopic (exact) mass is 278 g/mol. The second kappa shape index (κ2) is 7.28. The van der Waals surface area contributed by atoms with Gasteiger partial charge >= 0.3 is 5.97 Å². The maximum Gasteiger partial charge on any atom is 0.326 e. The summed E-state index contributed by atoms with van der Waals surface area (Å²) in [6, 6.07) is 7.93. The summed E-state index contributed by atoms with van der Waals surface area (Å²) in [4.78, 5) is 33.7. The Kier molecular flexibility index (Phi) is 5.71. The van der Waals surface area contributed by atoms with E-state index >= 15 is 0 Å². The molecule has 0 aromatic heterocycles. The van der Waals surface area contributed by atoms with Crippen molar-refractivity contribution < 1.29 is 19.5 Å². The van der Waals surface area contributed by atoms with Crippen molar-refractivity contribution in [1.82, 2.24) is 5.32 Å². The van der Waals surface area contributed by atoms with E-state index in [-0.39, 0.29) is 12.8 Å². The van der Waals surface area contributed by atoms with Gasteiger partial charge in [0, 0.05) is 6.42 Å². The van der Waals surface area contributed by atoms with E-state index in [9.17, 15) is 14.4 Å². The first kappa shape index (κ1) is 15.7. The Balaban J connectivity index is 2.66. The number of rotatable bonds is 7. The van der Waals surface area contributed by atoms with Crippen LogP contribution in [0.15, 0.2) is 30.3 Å². The molecule has 6 heteroatoms. The number of nitrogens with two attached hydrogens (primary N) is 1. The molecule has 0 saturated carbocycles. The number of primary amides is 1. The zero-order valence-corrected chi connectivity index (χ0v) is 11.2. The molecule has 0 heterocycles. The Bertz CT molecular complexity index is 487. The molecular weight excluding hydrogens is 260 g/mol. The molecule has 1 rings (SSSR count). The number of carbonyl (C=O) groups excluding carboxylic acids is 2. The van der Waals surface area contributed by atoms with Crippen LogP contribution in [0.1, 0.15) is 31.2 Å². The van der Waals surface area contributed by atoms with Gasteiger partial charge in [-0.05, 0) is 18.9 Å². The molecule has 0 radical (unpaired) electrons. The molecule has 1 aromatic carbocycles. The third kappa shape index (κ3) is 4.72. The fourth-order valence-electron chi connectivity index (χ4n) is 1.73. The van der Waals surface area contributed by atoms with Crippen molar-refractivity contribution in [2.45, 2.75) is 31.7 Å². The van der Waals surface area contributed by atoms with Crippen molar-refractivity contribution in [2.24, 2.45) is 5.73 Å². The largest absolute Gasteiger partial charge is 0.480 e. The Labute approximate surface area is 117 Å². The van der Waals surface area contributed by atoms with Gasteiger partial charge in [-0.2, -0.15) is 0 Å². The second-order valence-electron chi connectivity index (χ2n) is 4.54. The van der Waals surface area contributed by atoms with Crippen molar-refractivity contribution in [2.75, 3.05) is 0 Å². The highest BCUT2D eigenvalue weighted by molar-refractivity contribution is 5.88. The molecule has 2 atom stereocenters.